The standard InChI is InChI=1S/C14H19ClN2O.C3H8N2.C2H6/c1-2-12(16)7-8-17-13-5-4-11(15)9-10(13)3-6-14(17)18;1-3-5-4-2;1-2/h4-5,9,12H,2-3,6-8,16H2,1H3;5H,2-3H2,1H3;1-2H3. The molecule has 0 radical (unpaired) electrons. The lowest BCUT2D eigenvalue weighted by atomic mass is 10.0. The summed E-state index contributed by atoms with van der Waals surface area (Å²) < 4.78 is 0. The van der Waals surface area contributed by atoms with Crippen LogP contribution in [0.15, 0.2) is 23.3 Å². The second-order valence-corrected chi connectivity index (χ2v) is 5.88. The number of carbonyl (C=O) groups excluding carboxylic acids is 1. The second kappa shape index (κ2) is 13.7. The van der Waals surface area contributed by atoms with E-state index in [4.69, 9.17) is 17.3 Å². The van der Waals surface area contributed by atoms with Crippen LogP contribution in [0.2, 0.25) is 5.02 Å². The number of rotatable bonds is 6. The molecule has 142 valence electrons. The van der Waals surface area contributed by atoms with Crippen molar-refractivity contribution in [3.05, 3.63) is 28.8 Å². The first-order valence-electron chi connectivity index (χ1n) is 9.06. The van der Waals surface area contributed by atoms with Crippen molar-refractivity contribution in [2.24, 2.45) is 10.8 Å². The van der Waals surface area contributed by atoms with Crippen LogP contribution in [0.4, 0.5) is 5.69 Å². The van der Waals surface area contributed by atoms with Crippen LogP contribution in [-0.2, 0) is 11.2 Å². The summed E-state index contributed by atoms with van der Waals surface area (Å²) >= 11 is 5.99. The fourth-order valence-corrected chi connectivity index (χ4v) is 2.58. The van der Waals surface area contributed by atoms with Gasteiger partial charge in [0.15, 0.2) is 0 Å². The molecule has 0 fully saturated rings. The van der Waals surface area contributed by atoms with Gasteiger partial charge < -0.3 is 16.1 Å². The van der Waals surface area contributed by atoms with Gasteiger partial charge in [0.05, 0.1) is 0 Å². The van der Waals surface area contributed by atoms with E-state index in [0.717, 1.165) is 42.1 Å². The Morgan fingerprint density at radius 3 is 2.56 bits per heavy atom. The van der Waals surface area contributed by atoms with E-state index in [1.165, 1.54) is 0 Å². The van der Waals surface area contributed by atoms with Crippen molar-refractivity contribution in [3.8, 4) is 0 Å². The van der Waals surface area contributed by atoms with Gasteiger partial charge in [0.1, 0.15) is 0 Å². The van der Waals surface area contributed by atoms with E-state index in [1.807, 2.05) is 43.9 Å². The van der Waals surface area contributed by atoms with Crippen LogP contribution in [0.1, 0.15) is 52.5 Å². The van der Waals surface area contributed by atoms with E-state index in [0.29, 0.717) is 13.0 Å². The number of aryl methyl sites for hydroxylation is 1. The molecule has 0 aromatic heterocycles. The third-order valence-corrected chi connectivity index (χ3v) is 3.99. The van der Waals surface area contributed by atoms with Gasteiger partial charge in [-0.1, -0.05) is 32.4 Å². The van der Waals surface area contributed by atoms with Gasteiger partial charge in [-0.25, -0.2) is 0 Å². The number of nitrogens with one attached hydrogen (secondary N) is 1. The molecule has 1 aromatic carbocycles. The highest BCUT2D eigenvalue weighted by Crippen LogP contribution is 2.30. The Morgan fingerprint density at radius 2 is 2.04 bits per heavy atom. The number of nitrogens with zero attached hydrogens (tertiary/aromatic N) is 2. The Kier molecular flexibility index (Phi) is 12.8. The van der Waals surface area contributed by atoms with Crippen LogP contribution in [0, 0.1) is 0 Å². The zero-order valence-electron chi connectivity index (χ0n) is 16.0. The maximum absolute atomic E-state index is 12.0. The number of nitrogens with two attached hydrogens (primary N) is 1. The van der Waals surface area contributed by atoms with Crippen LogP contribution in [0.5, 0.6) is 0 Å². The molecule has 0 bridgehead atoms. The molecule has 1 amide bonds. The maximum Gasteiger partial charge on any atom is 0.227 e. The molecule has 5 nitrogen and oxygen atoms in total. The molecule has 1 aliphatic heterocycles. The predicted octanol–water partition coefficient (Wildman–Crippen LogP) is 3.98. The molecule has 2 rings (SSSR count). The highest BCUT2D eigenvalue weighted by molar-refractivity contribution is 6.30. The first-order chi connectivity index (χ1) is 12.0. The number of anilines is 1. The molecule has 1 aliphatic rings. The Labute approximate surface area is 157 Å². The van der Waals surface area contributed by atoms with Crippen molar-refractivity contribution < 1.29 is 4.79 Å². The number of hydrogen-bond donors (Lipinski definition) is 2. The Balaban J connectivity index is 0.000000710. The van der Waals surface area contributed by atoms with Crippen molar-refractivity contribution in [2.45, 2.75) is 59.4 Å². The number of halogens is 1. The molecule has 6 heteroatoms. The van der Waals surface area contributed by atoms with E-state index < -0.39 is 0 Å². The highest BCUT2D eigenvalue weighted by atomic mass is 35.5. The van der Waals surface area contributed by atoms with Crippen molar-refractivity contribution in [1.29, 1.82) is 0 Å². The molecule has 0 spiro atoms. The molecule has 1 unspecified atom stereocenters. The van der Waals surface area contributed by atoms with Crippen LogP contribution in [-0.4, -0.2) is 31.8 Å². The molecular formula is C19H33ClN4O. The lowest BCUT2D eigenvalue weighted by Crippen LogP contribution is -2.38. The minimum Gasteiger partial charge on any atom is -0.328 e. The minimum atomic E-state index is 0.162. The Hall–Kier alpha value is -1.59. The van der Waals surface area contributed by atoms with E-state index in [2.05, 4.69) is 24.2 Å². The summed E-state index contributed by atoms with van der Waals surface area (Å²) in [6.07, 6.45) is 3.12. The van der Waals surface area contributed by atoms with Crippen molar-refractivity contribution >= 4 is 29.9 Å². The Morgan fingerprint density at radius 1 is 1.36 bits per heavy atom. The lowest BCUT2D eigenvalue weighted by Gasteiger charge is -2.30. The number of carbonyl (C=O) groups is 1. The average molecular weight is 369 g/mol. The first-order valence-corrected chi connectivity index (χ1v) is 9.44. The van der Waals surface area contributed by atoms with Gasteiger partial charge in [-0.15, -0.1) is 0 Å². The van der Waals surface area contributed by atoms with Crippen LogP contribution >= 0.6 is 11.6 Å². The Bertz CT molecular complexity index is 522. The summed E-state index contributed by atoms with van der Waals surface area (Å²) in [5.41, 5.74) is 10.7. The van der Waals surface area contributed by atoms with Crippen LogP contribution in [0.3, 0.4) is 0 Å². The maximum atomic E-state index is 12.0. The molecule has 25 heavy (non-hydrogen) atoms. The normalized spacial score (nSPS) is 13.5. The topological polar surface area (TPSA) is 70.7 Å². The number of hydrogen-bond acceptors (Lipinski definition) is 4. The first kappa shape index (κ1) is 23.4. The minimum absolute atomic E-state index is 0.162. The summed E-state index contributed by atoms with van der Waals surface area (Å²) in [6.45, 7) is 12.8. The van der Waals surface area contributed by atoms with E-state index in [1.54, 1.807) is 0 Å². The van der Waals surface area contributed by atoms with E-state index >= 15 is 0 Å². The van der Waals surface area contributed by atoms with Crippen molar-refractivity contribution in [2.75, 3.05) is 18.0 Å². The van der Waals surface area contributed by atoms with Gasteiger partial charge in [-0.2, -0.15) is 5.10 Å². The summed E-state index contributed by atoms with van der Waals surface area (Å²) in [6, 6.07) is 5.89. The fraction of sp³-hybridized carbons (Fsp3) is 0.579. The monoisotopic (exact) mass is 368 g/mol. The molecule has 1 heterocycles. The second-order valence-electron chi connectivity index (χ2n) is 5.45. The third-order valence-electron chi connectivity index (χ3n) is 3.76. The summed E-state index contributed by atoms with van der Waals surface area (Å²) in [7, 11) is 0. The zero-order valence-corrected chi connectivity index (χ0v) is 16.8. The average Bonchev–Trinajstić information content (AvgIpc) is 2.63. The fourth-order valence-electron chi connectivity index (χ4n) is 2.38. The van der Waals surface area contributed by atoms with Crippen molar-refractivity contribution in [1.82, 2.24) is 5.43 Å². The smallest absolute Gasteiger partial charge is 0.227 e. The summed E-state index contributed by atoms with van der Waals surface area (Å²) in [5, 5.41) is 4.08. The van der Waals surface area contributed by atoms with Crippen molar-refractivity contribution in [3.63, 3.8) is 0 Å². The van der Waals surface area contributed by atoms with Crippen LogP contribution in [0.25, 0.3) is 0 Å². The van der Waals surface area contributed by atoms with Gasteiger partial charge in [-0.05, 0) is 49.9 Å². The number of fused-ring (bicyclic) bond motifs is 1. The quantitative estimate of drug-likeness (QED) is 0.589. The molecule has 0 saturated heterocycles. The summed E-state index contributed by atoms with van der Waals surface area (Å²) in [5.74, 6) is 0.188. The molecular weight excluding hydrogens is 336 g/mol. The largest absolute Gasteiger partial charge is 0.328 e. The van der Waals surface area contributed by atoms with Gasteiger partial charge in [0.2, 0.25) is 5.91 Å². The lowest BCUT2D eigenvalue weighted by molar-refractivity contribution is -0.118. The van der Waals surface area contributed by atoms with Gasteiger partial charge in [0.25, 0.3) is 0 Å². The molecule has 0 saturated carbocycles. The van der Waals surface area contributed by atoms with E-state index in [9.17, 15) is 4.79 Å². The SMILES string of the molecule is C=NNCC.CC.CCC(N)CCN1C(=O)CCc2cc(Cl)ccc21. The number of hydrazone groups is 1. The molecule has 3 N–H and O–H groups in total. The van der Waals surface area contributed by atoms with Gasteiger partial charge in [-0.3, -0.25) is 4.79 Å². The summed E-state index contributed by atoms with van der Waals surface area (Å²) in [4.78, 5) is 13.8. The molecule has 0 aliphatic carbocycles. The van der Waals surface area contributed by atoms with E-state index in [-0.39, 0.29) is 11.9 Å². The zero-order chi connectivity index (χ0) is 19.2. The van der Waals surface area contributed by atoms with Gasteiger partial charge in [0, 0.05) is 43.0 Å². The highest BCUT2D eigenvalue weighted by Gasteiger charge is 2.24. The van der Waals surface area contributed by atoms with Gasteiger partial charge >= 0.3 is 0 Å². The third kappa shape index (κ3) is 8.36. The molecule has 1 atom stereocenters. The number of amides is 1. The molecule has 1 aromatic rings. The van der Waals surface area contributed by atoms with Crippen LogP contribution < -0.4 is 16.1 Å². The predicted molar refractivity (Wildman–Crippen MR) is 110 cm³/mol. The number of benzene rings is 1.